The molecule has 0 aliphatic heterocycles. The third-order valence-electron chi connectivity index (χ3n) is 4.92. The van der Waals surface area contributed by atoms with Crippen LogP contribution in [0.3, 0.4) is 0 Å². The van der Waals surface area contributed by atoms with E-state index in [4.69, 9.17) is 17.3 Å². The van der Waals surface area contributed by atoms with Gasteiger partial charge >= 0.3 is 0 Å². The van der Waals surface area contributed by atoms with Gasteiger partial charge in [-0.25, -0.2) is 0 Å². The number of hydrogen-bond acceptors (Lipinski definition) is 3. The topological polar surface area (TPSA) is 38.0 Å². The highest BCUT2D eigenvalue weighted by Gasteiger charge is 2.35. The van der Waals surface area contributed by atoms with Crippen molar-refractivity contribution in [3.8, 4) is 0 Å². The molecular weight excluding hydrogens is 312 g/mol. The van der Waals surface area contributed by atoms with Crippen LogP contribution in [-0.4, -0.2) is 12.6 Å². The van der Waals surface area contributed by atoms with Crippen LogP contribution >= 0.6 is 22.9 Å². The van der Waals surface area contributed by atoms with Crippen molar-refractivity contribution in [1.82, 2.24) is 5.32 Å². The molecule has 0 spiro atoms. The first-order chi connectivity index (χ1) is 10.7. The Morgan fingerprint density at radius 3 is 2.68 bits per heavy atom. The van der Waals surface area contributed by atoms with Gasteiger partial charge in [0.05, 0.1) is 0 Å². The first-order valence-corrected chi connectivity index (χ1v) is 9.19. The summed E-state index contributed by atoms with van der Waals surface area (Å²) in [6, 6.07) is 13.1. The van der Waals surface area contributed by atoms with Crippen molar-refractivity contribution >= 4 is 22.9 Å². The Kier molecular flexibility index (Phi) is 5.19. The van der Waals surface area contributed by atoms with Crippen LogP contribution in [0.25, 0.3) is 0 Å². The summed E-state index contributed by atoms with van der Waals surface area (Å²) in [5.41, 5.74) is 7.56. The van der Waals surface area contributed by atoms with Gasteiger partial charge in [-0.2, -0.15) is 0 Å². The second kappa shape index (κ2) is 7.14. The largest absolute Gasteiger partial charge is 0.330 e. The Balaban J connectivity index is 1.61. The number of nitrogens with one attached hydrogen (secondary N) is 1. The van der Waals surface area contributed by atoms with Crippen LogP contribution in [-0.2, 0) is 12.0 Å². The lowest BCUT2D eigenvalue weighted by Crippen LogP contribution is -2.43. The molecule has 3 N–H and O–H groups in total. The van der Waals surface area contributed by atoms with E-state index >= 15 is 0 Å². The summed E-state index contributed by atoms with van der Waals surface area (Å²) in [6.45, 7) is 1.68. The SMILES string of the molecule is NCC1(c2cccc(Cl)c2)CCC(NCc2cccs2)CC1. The zero-order chi connectivity index (χ0) is 15.4. The molecule has 1 aromatic carbocycles. The molecule has 1 aliphatic carbocycles. The molecule has 2 aromatic rings. The minimum atomic E-state index is 0.103. The summed E-state index contributed by atoms with van der Waals surface area (Å²) < 4.78 is 0. The number of halogens is 1. The second-order valence-electron chi connectivity index (χ2n) is 6.23. The number of hydrogen-bond donors (Lipinski definition) is 2. The van der Waals surface area contributed by atoms with E-state index in [-0.39, 0.29) is 5.41 Å². The van der Waals surface area contributed by atoms with E-state index in [1.165, 1.54) is 23.3 Å². The number of thiophene rings is 1. The van der Waals surface area contributed by atoms with Crippen LogP contribution in [0, 0.1) is 0 Å². The summed E-state index contributed by atoms with van der Waals surface area (Å²) in [4.78, 5) is 1.41. The quantitative estimate of drug-likeness (QED) is 0.854. The van der Waals surface area contributed by atoms with E-state index in [9.17, 15) is 0 Å². The van der Waals surface area contributed by atoms with E-state index in [0.29, 0.717) is 12.6 Å². The normalized spacial score (nSPS) is 25.3. The average molecular weight is 335 g/mol. The third kappa shape index (κ3) is 3.54. The summed E-state index contributed by atoms with van der Waals surface area (Å²) in [6.07, 6.45) is 4.61. The lowest BCUT2D eigenvalue weighted by Gasteiger charge is -2.40. The summed E-state index contributed by atoms with van der Waals surface area (Å²) in [5.74, 6) is 0. The van der Waals surface area contributed by atoms with Crippen molar-refractivity contribution < 1.29 is 0 Å². The zero-order valence-electron chi connectivity index (χ0n) is 12.7. The first kappa shape index (κ1) is 16.0. The molecule has 1 fully saturated rings. The molecule has 0 radical (unpaired) electrons. The maximum absolute atomic E-state index is 6.17. The Morgan fingerprint density at radius 2 is 2.05 bits per heavy atom. The molecule has 0 bridgehead atoms. The monoisotopic (exact) mass is 334 g/mol. The van der Waals surface area contributed by atoms with E-state index in [1.807, 2.05) is 23.5 Å². The van der Waals surface area contributed by atoms with Gasteiger partial charge < -0.3 is 11.1 Å². The number of rotatable bonds is 5. The lowest BCUT2D eigenvalue weighted by atomic mass is 9.68. The van der Waals surface area contributed by atoms with Gasteiger partial charge in [0.2, 0.25) is 0 Å². The van der Waals surface area contributed by atoms with Crippen LogP contribution in [0.4, 0.5) is 0 Å². The van der Waals surface area contributed by atoms with Crippen molar-refractivity contribution in [2.45, 2.75) is 43.7 Å². The highest BCUT2D eigenvalue weighted by molar-refractivity contribution is 7.09. The molecule has 1 saturated carbocycles. The Labute approximate surface area is 141 Å². The molecule has 0 saturated heterocycles. The predicted molar refractivity (Wildman–Crippen MR) is 95.6 cm³/mol. The lowest BCUT2D eigenvalue weighted by molar-refractivity contribution is 0.251. The van der Waals surface area contributed by atoms with Gasteiger partial charge in [-0.05, 0) is 54.8 Å². The fourth-order valence-electron chi connectivity index (χ4n) is 3.46. The minimum Gasteiger partial charge on any atom is -0.330 e. The average Bonchev–Trinajstić information content (AvgIpc) is 3.07. The Morgan fingerprint density at radius 1 is 1.23 bits per heavy atom. The van der Waals surface area contributed by atoms with Crippen molar-refractivity contribution in [1.29, 1.82) is 0 Å². The van der Waals surface area contributed by atoms with Gasteiger partial charge in [-0.3, -0.25) is 0 Å². The highest BCUT2D eigenvalue weighted by Crippen LogP contribution is 2.39. The van der Waals surface area contributed by atoms with Gasteiger partial charge in [0.15, 0.2) is 0 Å². The Hall–Kier alpha value is -0.870. The fraction of sp³-hybridized carbons (Fsp3) is 0.444. The maximum Gasteiger partial charge on any atom is 0.0408 e. The maximum atomic E-state index is 6.17. The summed E-state index contributed by atoms with van der Waals surface area (Å²) in [7, 11) is 0. The van der Waals surface area contributed by atoms with E-state index < -0.39 is 0 Å². The first-order valence-electron chi connectivity index (χ1n) is 7.94. The zero-order valence-corrected chi connectivity index (χ0v) is 14.3. The van der Waals surface area contributed by atoms with Crippen molar-refractivity contribution in [2.24, 2.45) is 5.73 Å². The summed E-state index contributed by atoms with van der Waals surface area (Å²) in [5, 5.41) is 6.64. The highest BCUT2D eigenvalue weighted by atomic mass is 35.5. The molecule has 22 heavy (non-hydrogen) atoms. The molecule has 1 aromatic heterocycles. The third-order valence-corrected chi connectivity index (χ3v) is 6.03. The van der Waals surface area contributed by atoms with Crippen LogP contribution in [0.5, 0.6) is 0 Å². The van der Waals surface area contributed by atoms with E-state index in [0.717, 1.165) is 24.4 Å². The molecule has 3 rings (SSSR count). The molecule has 0 atom stereocenters. The van der Waals surface area contributed by atoms with Crippen LogP contribution < -0.4 is 11.1 Å². The molecule has 0 amide bonds. The van der Waals surface area contributed by atoms with E-state index in [1.54, 1.807) is 0 Å². The smallest absolute Gasteiger partial charge is 0.0408 e. The molecule has 1 aliphatic rings. The molecule has 0 unspecified atom stereocenters. The van der Waals surface area contributed by atoms with Crippen LogP contribution in [0.15, 0.2) is 41.8 Å². The molecule has 1 heterocycles. The minimum absolute atomic E-state index is 0.103. The predicted octanol–water partition coefficient (Wildman–Crippen LogP) is 4.33. The Bertz CT molecular complexity index is 589. The second-order valence-corrected chi connectivity index (χ2v) is 7.70. The van der Waals surface area contributed by atoms with Gasteiger partial charge in [0.25, 0.3) is 0 Å². The van der Waals surface area contributed by atoms with Crippen molar-refractivity contribution in [3.63, 3.8) is 0 Å². The van der Waals surface area contributed by atoms with Crippen molar-refractivity contribution in [2.75, 3.05) is 6.54 Å². The van der Waals surface area contributed by atoms with Gasteiger partial charge in [-0.1, -0.05) is 29.8 Å². The van der Waals surface area contributed by atoms with Gasteiger partial charge in [0.1, 0.15) is 0 Å². The standard InChI is InChI=1S/C18H23ClN2S/c19-15-4-1-3-14(11-15)18(13-20)8-6-16(7-9-18)21-12-17-5-2-10-22-17/h1-5,10-11,16,21H,6-9,12-13,20H2. The number of nitrogens with two attached hydrogens (primary N) is 1. The fourth-order valence-corrected chi connectivity index (χ4v) is 4.31. The van der Waals surface area contributed by atoms with Crippen molar-refractivity contribution in [3.05, 3.63) is 57.2 Å². The van der Waals surface area contributed by atoms with E-state index in [2.05, 4.69) is 35.0 Å². The van der Waals surface area contributed by atoms with Crippen LogP contribution in [0.1, 0.15) is 36.1 Å². The van der Waals surface area contributed by atoms with Crippen LogP contribution in [0.2, 0.25) is 5.02 Å². The molecule has 2 nitrogen and oxygen atoms in total. The van der Waals surface area contributed by atoms with Gasteiger partial charge in [0, 0.05) is 34.4 Å². The van der Waals surface area contributed by atoms with Gasteiger partial charge in [-0.15, -0.1) is 11.3 Å². The number of benzene rings is 1. The summed E-state index contributed by atoms with van der Waals surface area (Å²) >= 11 is 7.98. The molecule has 4 heteroatoms. The molecule has 118 valence electrons. The molecular formula is C18H23ClN2S.